The van der Waals surface area contributed by atoms with Gasteiger partial charge in [0, 0.05) is 12.0 Å². The van der Waals surface area contributed by atoms with Gasteiger partial charge in [0.15, 0.2) is 16.6 Å². The number of phenolic OH excluding ortho intramolecular Hbond substituents is 1. The minimum atomic E-state index is -1.03. The van der Waals surface area contributed by atoms with E-state index in [1.165, 1.54) is 23.3 Å². The Bertz CT molecular complexity index is 1780. The number of aliphatic hydroxyl groups excluding tert-OH is 1. The minimum absolute atomic E-state index is 0.00548. The second-order valence-electron chi connectivity index (χ2n) is 10.1. The Morgan fingerprint density at radius 1 is 1.18 bits per heavy atom. The summed E-state index contributed by atoms with van der Waals surface area (Å²) in [6, 6.07) is 11.4. The third-order valence-corrected chi connectivity index (χ3v) is 8.83. The van der Waals surface area contributed by atoms with E-state index in [-0.39, 0.29) is 28.9 Å². The molecule has 204 valence electrons. The van der Waals surface area contributed by atoms with Crippen LogP contribution in [0.15, 0.2) is 52.5 Å². The number of carbonyl (C=O) groups excluding carboxylic acids is 2. The highest BCUT2D eigenvalue weighted by Gasteiger charge is 2.48. The normalized spacial score (nSPS) is 19.8. The van der Waals surface area contributed by atoms with E-state index in [1.54, 1.807) is 30.3 Å². The molecule has 3 heterocycles. The Kier molecular flexibility index (Phi) is 6.35. The predicted molar refractivity (Wildman–Crippen MR) is 156 cm³/mol. The van der Waals surface area contributed by atoms with Gasteiger partial charge in [0.25, 0.3) is 5.78 Å². The average molecular weight is 622 g/mol. The quantitative estimate of drug-likeness (QED) is 0.156. The standard InChI is InChI=1S/C30H25BrN2O6S/c1-13-7-14(2)24-22(8-13)40-30(32-24)33-25(18-11-19(31)27(35)21(12-18)38-4)23(28(36)29(33)37)26(34)16-5-6-20-17(10-16)9-15(3)39-20/h5-8,10-12,15,25,34-35H,9H2,1-4H3/t15-,25-/m1/s1. The first-order chi connectivity index (χ1) is 19.1. The Morgan fingerprint density at radius 3 is 2.70 bits per heavy atom. The van der Waals surface area contributed by atoms with Crippen molar-refractivity contribution in [1.29, 1.82) is 0 Å². The summed E-state index contributed by atoms with van der Waals surface area (Å²) in [5, 5.41) is 22.4. The Morgan fingerprint density at radius 2 is 1.95 bits per heavy atom. The van der Waals surface area contributed by atoms with Crippen LogP contribution in [0, 0.1) is 13.8 Å². The van der Waals surface area contributed by atoms with E-state index in [0.717, 1.165) is 32.7 Å². The zero-order chi connectivity index (χ0) is 28.5. The highest BCUT2D eigenvalue weighted by Crippen LogP contribution is 2.48. The van der Waals surface area contributed by atoms with Gasteiger partial charge in [-0.2, -0.15) is 0 Å². The van der Waals surface area contributed by atoms with Crippen LogP contribution >= 0.6 is 27.3 Å². The van der Waals surface area contributed by atoms with Gasteiger partial charge in [0.2, 0.25) is 0 Å². The highest BCUT2D eigenvalue weighted by molar-refractivity contribution is 9.10. The zero-order valence-corrected chi connectivity index (χ0v) is 24.5. The summed E-state index contributed by atoms with van der Waals surface area (Å²) in [5.41, 5.74) is 4.43. The van der Waals surface area contributed by atoms with Gasteiger partial charge in [0.05, 0.1) is 33.4 Å². The molecule has 0 saturated carbocycles. The van der Waals surface area contributed by atoms with E-state index in [2.05, 4.69) is 15.9 Å². The number of amides is 1. The van der Waals surface area contributed by atoms with Crippen molar-refractivity contribution in [2.45, 2.75) is 39.3 Å². The lowest BCUT2D eigenvalue weighted by molar-refractivity contribution is -0.132. The minimum Gasteiger partial charge on any atom is -0.507 e. The van der Waals surface area contributed by atoms with Crippen LogP contribution in [-0.4, -0.2) is 40.1 Å². The fourth-order valence-electron chi connectivity index (χ4n) is 5.44. The molecule has 40 heavy (non-hydrogen) atoms. The average Bonchev–Trinajstić information content (AvgIpc) is 3.57. The molecule has 2 N–H and O–H groups in total. The second kappa shape index (κ2) is 9.64. The number of aliphatic hydroxyl groups is 1. The van der Waals surface area contributed by atoms with Crippen LogP contribution in [-0.2, 0) is 16.0 Å². The topological polar surface area (TPSA) is 109 Å². The maximum absolute atomic E-state index is 13.7. The number of benzene rings is 3. The third kappa shape index (κ3) is 4.13. The van der Waals surface area contributed by atoms with E-state index in [4.69, 9.17) is 14.5 Å². The van der Waals surface area contributed by atoms with Crippen LogP contribution < -0.4 is 14.4 Å². The van der Waals surface area contributed by atoms with Crippen LogP contribution in [0.1, 0.15) is 40.8 Å². The molecule has 0 bridgehead atoms. The molecule has 1 amide bonds. The number of aryl methyl sites for hydroxylation is 2. The molecular weight excluding hydrogens is 596 g/mol. The SMILES string of the molecule is COc1cc([C@@H]2C(=C(O)c3ccc4c(c3)C[C@@H](C)O4)C(=O)C(=O)N2c2nc3c(C)cc(C)cc3s2)cc(Br)c1O. The van der Waals surface area contributed by atoms with Crippen molar-refractivity contribution in [3.8, 4) is 17.2 Å². The van der Waals surface area contributed by atoms with E-state index < -0.39 is 17.7 Å². The fourth-order valence-corrected chi connectivity index (χ4v) is 7.07. The number of aromatic hydroxyl groups is 1. The molecule has 0 spiro atoms. The van der Waals surface area contributed by atoms with Gasteiger partial charge in [-0.05, 0) is 95.4 Å². The summed E-state index contributed by atoms with van der Waals surface area (Å²) in [6.07, 6.45) is 0.673. The van der Waals surface area contributed by atoms with Gasteiger partial charge in [-0.25, -0.2) is 4.98 Å². The van der Waals surface area contributed by atoms with Gasteiger partial charge >= 0.3 is 5.91 Å². The lowest BCUT2D eigenvalue weighted by Gasteiger charge is -2.24. The Balaban J connectivity index is 1.58. The van der Waals surface area contributed by atoms with Crippen LogP contribution in [0.4, 0.5) is 5.13 Å². The molecule has 2 atom stereocenters. The summed E-state index contributed by atoms with van der Waals surface area (Å²) < 4.78 is 12.3. The van der Waals surface area contributed by atoms with Crippen molar-refractivity contribution < 1.29 is 29.3 Å². The molecule has 0 unspecified atom stereocenters. The van der Waals surface area contributed by atoms with Crippen molar-refractivity contribution in [1.82, 2.24) is 4.98 Å². The number of hydrogen-bond acceptors (Lipinski definition) is 8. The van der Waals surface area contributed by atoms with Crippen LogP contribution in [0.3, 0.4) is 0 Å². The lowest BCUT2D eigenvalue weighted by atomic mass is 9.94. The van der Waals surface area contributed by atoms with E-state index >= 15 is 0 Å². The summed E-state index contributed by atoms with van der Waals surface area (Å²) in [4.78, 5) is 33.4. The number of methoxy groups -OCH3 is 1. The zero-order valence-electron chi connectivity index (χ0n) is 22.1. The van der Waals surface area contributed by atoms with Crippen molar-refractivity contribution in [2.24, 2.45) is 0 Å². The van der Waals surface area contributed by atoms with Crippen molar-refractivity contribution in [3.63, 3.8) is 0 Å². The molecule has 10 heteroatoms. The maximum Gasteiger partial charge on any atom is 0.301 e. The molecule has 0 aliphatic carbocycles. The second-order valence-corrected chi connectivity index (χ2v) is 12.0. The van der Waals surface area contributed by atoms with Crippen LogP contribution in [0.25, 0.3) is 16.0 Å². The fraction of sp³-hybridized carbons (Fsp3) is 0.233. The van der Waals surface area contributed by atoms with Crippen LogP contribution in [0.5, 0.6) is 17.2 Å². The summed E-state index contributed by atoms with van der Waals surface area (Å²) in [7, 11) is 1.41. The molecule has 6 rings (SSSR count). The number of fused-ring (bicyclic) bond motifs is 2. The highest BCUT2D eigenvalue weighted by atomic mass is 79.9. The molecule has 4 aromatic rings. The van der Waals surface area contributed by atoms with Crippen molar-refractivity contribution in [3.05, 3.63) is 80.3 Å². The van der Waals surface area contributed by atoms with E-state index in [0.29, 0.717) is 27.2 Å². The lowest BCUT2D eigenvalue weighted by Crippen LogP contribution is -2.29. The number of phenols is 1. The largest absolute Gasteiger partial charge is 0.507 e. The molecule has 8 nitrogen and oxygen atoms in total. The third-order valence-electron chi connectivity index (χ3n) is 7.22. The molecule has 1 fully saturated rings. The summed E-state index contributed by atoms with van der Waals surface area (Å²) in [5.74, 6) is -1.18. The number of ketones is 1. The number of anilines is 1. The van der Waals surface area contributed by atoms with Gasteiger partial charge in [-0.1, -0.05) is 17.4 Å². The Hall–Kier alpha value is -3.89. The molecule has 0 radical (unpaired) electrons. The summed E-state index contributed by atoms with van der Waals surface area (Å²) >= 11 is 4.65. The number of Topliss-reactive ketones (excluding diaryl/α,β-unsaturated/α-hetero) is 1. The molecule has 1 aromatic heterocycles. The first-order valence-electron chi connectivity index (χ1n) is 12.6. The Labute approximate surface area is 242 Å². The molecule has 3 aromatic carbocycles. The number of ether oxygens (including phenoxy) is 2. The first-order valence-corrected chi connectivity index (χ1v) is 14.2. The number of hydrogen-bond donors (Lipinski definition) is 2. The number of aromatic nitrogens is 1. The van der Waals surface area contributed by atoms with Gasteiger partial charge in [0.1, 0.15) is 17.6 Å². The number of carbonyl (C=O) groups is 2. The number of halogens is 1. The van der Waals surface area contributed by atoms with Crippen molar-refractivity contribution in [2.75, 3.05) is 12.0 Å². The van der Waals surface area contributed by atoms with Gasteiger partial charge in [-0.3, -0.25) is 14.5 Å². The molecule has 1 saturated heterocycles. The number of thiazole rings is 1. The monoisotopic (exact) mass is 620 g/mol. The van der Waals surface area contributed by atoms with Crippen molar-refractivity contribution >= 4 is 60.1 Å². The predicted octanol–water partition coefficient (Wildman–Crippen LogP) is 6.34. The number of rotatable bonds is 4. The molecular formula is C30H25BrN2O6S. The van der Waals surface area contributed by atoms with Gasteiger partial charge in [-0.15, -0.1) is 0 Å². The summed E-state index contributed by atoms with van der Waals surface area (Å²) in [6.45, 7) is 5.90. The molecule has 2 aliphatic heterocycles. The first kappa shape index (κ1) is 26.3. The maximum atomic E-state index is 13.7. The smallest absolute Gasteiger partial charge is 0.301 e. The van der Waals surface area contributed by atoms with E-state index in [1.807, 2.05) is 32.9 Å². The molecule has 2 aliphatic rings. The number of nitrogens with zero attached hydrogens (tertiary/aromatic N) is 2. The van der Waals surface area contributed by atoms with Gasteiger partial charge < -0.3 is 19.7 Å². The van der Waals surface area contributed by atoms with E-state index in [9.17, 15) is 19.8 Å². The van der Waals surface area contributed by atoms with Crippen LogP contribution in [0.2, 0.25) is 0 Å².